The second-order valence-corrected chi connectivity index (χ2v) is 10.5. The standard InChI is InChI=1S/C32H34ClN3O5/c1-5-6-15-41-22-10-8-21(9-11-22)31-28-29(23-18-24(33)19(2)16-25(23)37)34-35-30(28)32(38)36(31)14-13-20-7-12-26(39-3)27(17-20)40-4/h7-12,16-18,31,37H,5-6,13-15H2,1-4H3,(H,34,35). The van der Waals surface area contributed by atoms with E-state index in [1.54, 1.807) is 26.4 Å². The van der Waals surface area contributed by atoms with Crippen LogP contribution in [0.1, 0.15) is 58.5 Å². The van der Waals surface area contributed by atoms with Crippen molar-refractivity contribution in [2.45, 2.75) is 39.2 Å². The molecule has 9 heteroatoms. The third kappa shape index (κ3) is 5.57. The second kappa shape index (κ2) is 12.1. The lowest BCUT2D eigenvalue weighted by Gasteiger charge is -2.27. The van der Waals surface area contributed by atoms with Crippen LogP contribution in [0.4, 0.5) is 0 Å². The second-order valence-electron chi connectivity index (χ2n) is 10.1. The first-order valence-corrected chi connectivity index (χ1v) is 14.1. The van der Waals surface area contributed by atoms with Crippen LogP contribution in [0.5, 0.6) is 23.0 Å². The van der Waals surface area contributed by atoms with Crippen LogP contribution in [0.15, 0.2) is 54.6 Å². The number of aromatic hydroxyl groups is 1. The van der Waals surface area contributed by atoms with Gasteiger partial charge in [-0.15, -0.1) is 0 Å². The Morgan fingerprint density at radius 1 is 1.05 bits per heavy atom. The minimum atomic E-state index is -0.435. The molecule has 41 heavy (non-hydrogen) atoms. The number of hydrogen-bond donors (Lipinski definition) is 2. The van der Waals surface area contributed by atoms with Crippen LogP contribution in [0, 0.1) is 6.92 Å². The molecule has 3 aromatic carbocycles. The molecule has 0 saturated heterocycles. The van der Waals surface area contributed by atoms with Gasteiger partial charge in [-0.05, 0) is 72.9 Å². The Kier molecular flexibility index (Phi) is 8.40. The molecule has 1 unspecified atom stereocenters. The number of H-pyrrole nitrogens is 1. The molecule has 0 bridgehead atoms. The van der Waals surface area contributed by atoms with Crippen molar-refractivity contribution in [3.63, 3.8) is 0 Å². The van der Waals surface area contributed by atoms with E-state index in [1.165, 1.54) is 0 Å². The first-order valence-electron chi connectivity index (χ1n) is 13.7. The highest BCUT2D eigenvalue weighted by atomic mass is 35.5. The summed E-state index contributed by atoms with van der Waals surface area (Å²) >= 11 is 6.44. The van der Waals surface area contributed by atoms with Crippen LogP contribution in [0.2, 0.25) is 5.02 Å². The minimum absolute atomic E-state index is 0.0517. The van der Waals surface area contributed by atoms with Gasteiger partial charge in [0.05, 0.1) is 26.9 Å². The molecule has 0 spiro atoms. The van der Waals surface area contributed by atoms with Gasteiger partial charge < -0.3 is 24.2 Å². The number of nitrogens with one attached hydrogen (secondary N) is 1. The number of aromatic nitrogens is 2. The van der Waals surface area contributed by atoms with Crippen LogP contribution in [-0.2, 0) is 6.42 Å². The predicted octanol–water partition coefficient (Wildman–Crippen LogP) is 6.73. The number of aryl methyl sites for hydroxylation is 1. The van der Waals surface area contributed by atoms with E-state index < -0.39 is 6.04 Å². The Balaban J connectivity index is 1.53. The Morgan fingerprint density at radius 3 is 2.51 bits per heavy atom. The Labute approximate surface area is 244 Å². The number of aromatic amines is 1. The lowest BCUT2D eigenvalue weighted by molar-refractivity contribution is 0.0746. The highest BCUT2D eigenvalue weighted by Gasteiger charge is 2.42. The zero-order valence-corrected chi connectivity index (χ0v) is 24.4. The number of benzene rings is 3. The van der Waals surface area contributed by atoms with E-state index in [4.69, 9.17) is 25.8 Å². The Hall–Kier alpha value is -4.17. The third-order valence-corrected chi connectivity index (χ3v) is 7.85. The molecule has 0 saturated carbocycles. The monoisotopic (exact) mass is 575 g/mol. The van der Waals surface area contributed by atoms with Gasteiger partial charge >= 0.3 is 0 Å². The van der Waals surface area contributed by atoms with Crippen LogP contribution in [0.25, 0.3) is 11.3 Å². The van der Waals surface area contributed by atoms with Crippen molar-refractivity contribution in [1.29, 1.82) is 0 Å². The van der Waals surface area contributed by atoms with Gasteiger partial charge in [0.25, 0.3) is 5.91 Å². The molecule has 214 valence electrons. The number of amides is 1. The number of ether oxygens (including phenoxy) is 3. The van der Waals surface area contributed by atoms with Crippen molar-refractivity contribution in [2.75, 3.05) is 27.4 Å². The van der Waals surface area contributed by atoms with E-state index in [1.807, 2.05) is 54.3 Å². The summed E-state index contributed by atoms with van der Waals surface area (Å²) in [5.74, 6) is 1.95. The number of nitrogens with zero attached hydrogens (tertiary/aromatic N) is 2. The maximum Gasteiger partial charge on any atom is 0.273 e. The lowest BCUT2D eigenvalue weighted by atomic mass is 9.95. The van der Waals surface area contributed by atoms with E-state index in [0.717, 1.165) is 35.3 Å². The van der Waals surface area contributed by atoms with E-state index in [0.29, 0.717) is 58.6 Å². The number of rotatable bonds is 11. The van der Waals surface area contributed by atoms with Gasteiger partial charge in [0, 0.05) is 22.7 Å². The smallest absolute Gasteiger partial charge is 0.273 e. The van der Waals surface area contributed by atoms with Gasteiger partial charge in [0.15, 0.2) is 11.5 Å². The van der Waals surface area contributed by atoms with Crippen LogP contribution in [-0.4, -0.2) is 53.5 Å². The largest absolute Gasteiger partial charge is 0.507 e. The van der Waals surface area contributed by atoms with E-state index >= 15 is 0 Å². The summed E-state index contributed by atoms with van der Waals surface area (Å²) < 4.78 is 16.7. The molecular weight excluding hydrogens is 542 g/mol. The van der Waals surface area contributed by atoms with Gasteiger partial charge in [0.2, 0.25) is 0 Å². The maximum absolute atomic E-state index is 13.8. The lowest BCUT2D eigenvalue weighted by Crippen LogP contribution is -2.31. The summed E-state index contributed by atoms with van der Waals surface area (Å²) in [5, 5.41) is 18.8. The van der Waals surface area contributed by atoms with Crippen molar-refractivity contribution in [1.82, 2.24) is 15.1 Å². The molecule has 2 N–H and O–H groups in total. The van der Waals surface area contributed by atoms with Gasteiger partial charge in [-0.3, -0.25) is 9.89 Å². The van der Waals surface area contributed by atoms with Crippen LogP contribution in [0.3, 0.4) is 0 Å². The molecule has 0 aliphatic carbocycles. The average Bonchev–Trinajstić information content (AvgIpc) is 3.52. The number of halogens is 1. The molecule has 1 aliphatic rings. The van der Waals surface area contributed by atoms with Crippen molar-refractivity contribution in [3.05, 3.63) is 87.6 Å². The zero-order chi connectivity index (χ0) is 29.1. The summed E-state index contributed by atoms with van der Waals surface area (Å²) in [6.45, 7) is 5.04. The number of fused-ring (bicyclic) bond motifs is 1. The highest BCUT2D eigenvalue weighted by Crippen LogP contribution is 2.45. The van der Waals surface area contributed by atoms with E-state index in [2.05, 4.69) is 17.1 Å². The third-order valence-electron chi connectivity index (χ3n) is 7.45. The van der Waals surface area contributed by atoms with E-state index in [9.17, 15) is 9.90 Å². The summed E-state index contributed by atoms with van der Waals surface area (Å²) in [4.78, 5) is 15.7. The predicted molar refractivity (Wildman–Crippen MR) is 158 cm³/mol. The minimum Gasteiger partial charge on any atom is -0.507 e. The van der Waals surface area contributed by atoms with Crippen molar-refractivity contribution < 1.29 is 24.1 Å². The van der Waals surface area contributed by atoms with E-state index in [-0.39, 0.29) is 11.7 Å². The van der Waals surface area contributed by atoms with Gasteiger partial charge in [-0.25, -0.2) is 0 Å². The number of carbonyl (C=O) groups excluding carboxylic acids is 1. The van der Waals surface area contributed by atoms with Gasteiger partial charge in [0.1, 0.15) is 22.9 Å². The summed E-state index contributed by atoms with van der Waals surface area (Å²) in [7, 11) is 3.20. The molecular formula is C32H34ClN3O5. The first kappa shape index (κ1) is 28.4. The Bertz CT molecular complexity index is 1550. The molecule has 2 heterocycles. The number of methoxy groups -OCH3 is 2. The maximum atomic E-state index is 13.8. The van der Waals surface area contributed by atoms with Gasteiger partial charge in [-0.2, -0.15) is 5.10 Å². The fourth-order valence-corrected chi connectivity index (χ4v) is 5.37. The molecule has 0 radical (unpaired) electrons. The highest BCUT2D eigenvalue weighted by molar-refractivity contribution is 6.31. The van der Waals surface area contributed by atoms with Crippen LogP contribution >= 0.6 is 11.6 Å². The number of unbranched alkanes of at least 4 members (excludes halogenated alkanes) is 1. The molecule has 1 aliphatic heterocycles. The quantitative estimate of drug-likeness (QED) is 0.193. The van der Waals surface area contributed by atoms with Crippen molar-refractivity contribution >= 4 is 17.5 Å². The van der Waals surface area contributed by atoms with Crippen molar-refractivity contribution in [2.24, 2.45) is 0 Å². The molecule has 8 nitrogen and oxygen atoms in total. The average molecular weight is 576 g/mol. The Morgan fingerprint density at radius 2 is 1.80 bits per heavy atom. The summed E-state index contributed by atoms with van der Waals surface area (Å²) in [5.41, 5.74) is 4.74. The number of carbonyl (C=O) groups is 1. The van der Waals surface area contributed by atoms with Gasteiger partial charge in [-0.1, -0.05) is 43.1 Å². The zero-order valence-electron chi connectivity index (χ0n) is 23.7. The van der Waals surface area contributed by atoms with Crippen LogP contribution < -0.4 is 14.2 Å². The topological polar surface area (TPSA) is 96.9 Å². The normalized spacial score (nSPS) is 14.3. The molecule has 1 amide bonds. The summed E-state index contributed by atoms with van der Waals surface area (Å²) in [6, 6.07) is 16.5. The number of hydrogen-bond acceptors (Lipinski definition) is 6. The number of phenols is 1. The fourth-order valence-electron chi connectivity index (χ4n) is 5.20. The summed E-state index contributed by atoms with van der Waals surface area (Å²) in [6.07, 6.45) is 2.63. The number of phenolic OH excluding ortho intramolecular Hbond substituents is 1. The SMILES string of the molecule is CCCCOc1ccc(C2c3c(-c4cc(Cl)c(C)cc4O)n[nH]c3C(=O)N2CCc2ccc(OC)c(OC)c2)cc1. The molecule has 4 aromatic rings. The molecule has 1 atom stereocenters. The molecule has 0 fully saturated rings. The molecule has 5 rings (SSSR count). The molecule has 1 aromatic heterocycles. The van der Waals surface area contributed by atoms with Crippen molar-refractivity contribution in [3.8, 4) is 34.3 Å². The first-order chi connectivity index (χ1) is 19.9. The fraction of sp³-hybridized carbons (Fsp3) is 0.312.